The molecule has 2 N–H and O–H groups in total. The number of nitrogen functional groups attached to an aromatic ring is 1. The van der Waals surface area contributed by atoms with Crippen molar-refractivity contribution in [2.75, 3.05) is 12.8 Å². The van der Waals surface area contributed by atoms with Crippen molar-refractivity contribution in [3.8, 4) is 11.4 Å². The molecule has 5 heteroatoms. The molecule has 0 aliphatic heterocycles. The average molecular weight is 321 g/mol. The van der Waals surface area contributed by atoms with Crippen LogP contribution in [0.15, 0.2) is 36.5 Å². The van der Waals surface area contributed by atoms with E-state index in [0.29, 0.717) is 15.7 Å². The van der Waals surface area contributed by atoms with Crippen molar-refractivity contribution >= 4 is 39.8 Å². The van der Waals surface area contributed by atoms with E-state index in [9.17, 15) is 0 Å². The number of anilines is 1. The van der Waals surface area contributed by atoms with Crippen molar-refractivity contribution in [1.29, 1.82) is 0 Å². The highest BCUT2D eigenvalue weighted by molar-refractivity contribution is 6.38. The van der Waals surface area contributed by atoms with E-state index < -0.39 is 0 Å². The summed E-state index contributed by atoms with van der Waals surface area (Å²) < 4.78 is 7.32. The normalized spacial score (nSPS) is 11.0. The van der Waals surface area contributed by atoms with E-state index in [4.69, 9.17) is 33.7 Å². The Kier molecular flexibility index (Phi) is 3.47. The molecule has 0 radical (unpaired) electrons. The second-order valence-corrected chi connectivity index (χ2v) is 5.71. The SMILES string of the molecule is COc1cc2ccn(-c3c(Cl)cc(N)cc3Cl)c2cc1C. The van der Waals surface area contributed by atoms with Crippen molar-refractivity contribution in [2.45, 2.75) is 6.92 Å². The third kappa shape index (κ3) is 2.33. The minimum absolute atomic E-state index is 0.519. The van der Waals surface area contributed by atoms with E-state index in [1.807, 2.05) is 29.8 Å². The summed E-state index contributed by atoms with van der Waals surface area (Å²) in [7, 11) is 1.67. The summed E-state index contributed by atoms with van der Waals surface area (Å²) in [6, 6.07) is 9.45. The van der Waals surface area contributed by atoms with Gasteiger partial charge in [0.05, 0.1) is 28.4 Å². The van der Waals surface area contributed by atoms with Crippen LogP contribution in [-0.4, -0.2) is 11.7 Å². The Bertz CT molecular complexity index is 817. The minimum atomic E-state index is 0.519. The number of ether oxygens (including phenoxy) is 1. The number of nitrogens with zero attached hydrogens (tertiary/aromatic N) is 1. The summed E-state index contributed by atoms with van der Waals surface area (Å²) in [5.41, 5.74) is 9.10. The van der Waals surface area contributed by atoms with Gasteiger partial charge in [0.25, 0.3) is 0 Å². The molecule has 1 aromatic heterocycles. The van der Waals surface area contributed by atoms with Crippen LogP contribution in [-0.2, 0) is 0 Å². The maximum atomic E-state index is 6.31. The Balaban J connectivity index is 2.29. The molecule has 21 heavy (non-hydrogen) atoms. The number of aryl methyl sites for hydroxylation is 1. The van der Waals surface area contributed by atoms with Gasteiger partial charge in [-0.2, -0.15) is 0 Å². The smallest absolute Gasteiger partial charge is 0.122 e. The van der Waals surface area contributed by atoms with Crippen molar-refractivity contribution in [2.24, 2.45) is 0 Å². The van der Waals surface area contributed by atoms with Crippen LogP contribution in [0.2, 0.25) is 10.0 Å². The first-order valence-electron chi connectivity index (χ1n) is 6.42. The van der Waals surface area contributed by atoms with Crippen LogP contribution in [0, 0.1) is 6.92 Å². The Morgan fingerprint density at radius 1 is 1.10 bits per heavy atom. The Morgan fingerprint density at radius 3 is 2.38 bits per heavy atom. The van der Waals surface area contributed by atoms with Crippen molar-refractivity contribution in [1.82, 2.24) is 4.57 Å². The van der Waals surface area contributed by atoms with Crippen molar-refractivity contribution in [3.05, 3.63) is 52.1 Å². The Labute approximate surface area is 132 Å². The zero-order valence-corrected chi connectivity index (χ0v) is 13.2. The molecule has 108 valence electrons. The third-order valence-electron chi connectivity index (χ3n) is 3.49. The zero-order valence-electron chi connectivity index (χ0n) is 11.7. The molecule has 0 aliphatic rings. The molecule has 0 saturated carbocycles. The van der Waals surface area contributed by atoms with Gasteiger partial charge in [-0.1, -0.05) is 23.2 Å². The predicted octanol–water partition coefficient (Wildman–Crippen LogP) is 4.84. The summed E-state index contributed by atoms with van der Waals surface area (Å²) in [5.74, 6) is 0.856. The number of hydrogen-bond donors (Lipinski definition) is 1. The van der Waals surface area contributed by atoms with Gasteiger partial charge in [-0.3, -0.25) is 0 Å². The molecule has 1 heterocycles. The van der Waals surface area contributed by atoms with Crippen LogP contribution >= 0.6 is 23.2 Å². The quantitative estimate of drug-likeness (QED) is 0.686. The van der Waals surface area contributed by atoms with Crippen molar-refractivity contribution in [3.63, 3.8) is 0 Å². The molecule has 0 fully saturated rings. The number of nitrogens with two attached hydrogens (primary N) is 1. The lowest BCUT2D eigenvalue weighted by atomic mass is 10.1. The first kappa shape index (κ1) is 14.1. The van der Waals surface area contributed by atoms with Gasteiger partial charge in [0, 0.05) is 17.3 Å². The molecular formula is C16H14Cl2N2O. The highest BCUT2D eigenvalue weighted by atomic mass is 35.5. The minimum Gasteiger partial charge on any atom is -0.496 e. The van der Waals surface area contributed by atoms with Gasteiger partial charge in [-0.05, 0) is 42.8 Å². The van der Waals surface area contributed by atoms with Gasteiger partial charge < -0.3 is 15.0 Å². The Morgan fingerprint density at radius 2 is 1.76 bits per heavy atom. The molecule has 0 amide bonds. The van der Waals surface area contributed by atoms with Gasteiger partial charge in [0.2, 0.25) is 0 Å². The number of fused-ring (bicyclic) bond motifs is 1. The predicted molar refractivity (Wildman–Crippen MR) is 89.0 cm³/mol. The second kappa shape index (κ2) is 5.17. The Hall–Kier alpha value is -1.84. The number of methoxy groups -OCH3 is 1. The molecule has 0 bridgehead atoms. The fourth-order valence-electron chi connectivity index (χ4n) is 2.50. The van der Waals surface area contributed by atoms with Gasteiger partial charge in [-0.15, -0.1) is 0 Å². The van der Waals surface area contributed by atoms with Crippen LogP contribution in [0.3, 0.4) is 0 Å². The third-order valence-corrected chi connectivity index (χ3v) is 4.06. The van der Waals surface area contributed by atoms with Crippen LogP contribution in [0.25, 0.3) is 16.6 Å². The van der Waals surface area contributed by atoms with E-state index in [-0.39, 0.29) is 0 Å². The number of aromatic nitrogens is 1. The zero-order chi connectivity index (χ0) is 15.1. The van der Waals surface area contributed by atoms with E-state index in [1.165, 1.54) is 0 Å². The summed E-state index contributed by atoms with van der Waals surface area (Å²) in [4.78, 5) is 0. The van der Waals surface area contributed by atoms with Crippen LogP contribution in [0.1, 0.15) is 5.56 Å². The first-order chi connectivity index (χ1) is 10.0. The maximum absolute atomic E-state index is 6.31. The molecule has 0 unspecified atom stereocenters. The van der Waals surface area contributed by atoms with Crippen LogP contribution in [0.4, 0.5) is 5.69 Å². The van der Waals surface area contributed by atoms with E-state index in [1.54, 1.807) is 19.2 Å². The average Bonchev–Trinajstić information content (AvgIpc) is 2.79. The fraction of sp³-hybridized carbons (Fsp3) is 0.125. The summed E-state index contributed by atoms with van der Waals surface area (Å²) in [6.07, 6.45) is 1.94. The lowest BCUT2D eigenvalue weighted by Gasteiger charge is -2.12. The van der Waals surface area contributed by atoms with E-state index in [0.717, 1.165) is 27.9 Å². The molecule has 0 aliphatic carbocycles. The molecular weight excluding hydrogens is 307 g/mol. The van der Waals surface area contributed by atoms with Gasteiger partial charge in [0.1, 0.15) is 5.75 Å². The standard InChI is InChI=1S/C16H14Cl2N2O/c1-9-5-14-10(6-15(9)21-2)3-4-20(14)16-12(17)7-11(19)8-13(16)18/h3-8H,19H2,1-2H3. The number of rotatable bonds is 2. The largest absolute Gasteiger partial charge is 0.496 e. The molecule has 3 nitrogen and oxygen atoms in total. The van der Waals surface area contributed by atoms with E-state index >= 15 is 0 Å². The molecule has 3 aromatic rings. The lowest BCUT2D eigenvalue weighted by molar-refractivity contribution is 0.412. The second-order valence-electron chi connectivity index (χ2n) is 4.90. The molecule has 2 aromatic carbocycles. The molecule has 0 spiro atoms. The first-order valence-corrected chi connectivity index (χ1v) is 7.17. The van der Waals surface area contributed by atoms with Crippen LogP contribution in [0.5, 0.6) is 5.75 Å². The molecule has 0 atom stereocenters. The van der Waals surface area contributed by atoms with Gasteiger partial charge >= 0.3 is 0 Å². The number of hydrogen-bond acceptors (Lipinski definition) is 2. The fourth-order valence-corrected chi connectivity index (χ4v) is 3.18. The van der Waals surface area contributed by atoms with Gasteiger partial charge in [0.15, 0.2) is 0 Å². The number of halogens is 2. The summed E-state index contributed by atoms with van der Waals surface area (Å²) >= 11 is 12.6. The molecule has 3 rings (SSSR count). The molecule has 0 saturated heterocycles. The van der Waals surface area contributed by atoms with E-state index in [2.05, 4.69) is 6.07 Å². The van der Waals surface area contributed by atoms with Gasteiger partial charge in [-0.25, -0.2) is 0 Å². The number of benzene rings is 2. The monoisotopic (exact) mass is 320 g/mol. The van der Waals surface area contributed by atoms with Crippen molar-refractivity contribution < 1.29 is 4.74 Å². The summed E-state index contributed by atoms with van der Waals surface area (Å²) in [5, 5.41) is 2.10. The summed E-state index contributed by atoms with van der Waals surface area (Å²) in [6.45, 7) is 2.00. The maximum Gasteiger partial charge on any atom is 0.122 e. The highest BCUT2D eigenvalue weighted by Gasteiger charge is 2.13. The lowest BCUT2D eigenvalue weighted by Crippen LogP contribution is -1.97. The highest BCUT2D eigenvalue weighted by Crippen LogP contribution is 2.35. The van der Waals surface area contributed by atoms with Crippen LogP contribution < -0.4 is 10.5 Å². The topological polar surface area (TPSA) is 40.2 Å².